The van der Waals surface area contributed by atoms with E-state index < -0.39 is 0 Å². The van der Waals surface area contributed by atoms with Gasteiger partial charge in [0.25, 0.3) is 0 Å². The van der Waals surface area contributed by atoms with Gasteiger partial charge in [0.05, 0.1) is 0 Å². The zero-order chi connectivity index (χ0) is 6.16. The maximum absolute atomic E-state index is 2.53. The highest BCUT2D eigenvalue weighted by molar-refractivity contribution is 5.10. The molecule has 0 unspecified atom stereocenters. The Hall–Kier alpha value is 0. The highest BCUT2D eigenvalue weighted by atomic mass is 14.5. The van der Waals surface area contributed by atoms with Gasteiger partial charge in [-0.25, -0.2) is 0 Å². The Balaban J connectivity index is 1.92. The van der Waals surface area contributed by atoms with Crippen LogP contribution in [0.2, 0.25) is 0 Å². The molecule has 0 saturated heterocycles. The van der Waals surface area contributed by atoms with Crippen molar-refractivity contribution in [1.82, 2.24) is 0 Å². The van der Waals surface area contributed by atoms with Crippen LogP contribution in [0.3, 0.4) is 0 Å². The summed E-state index contributed by atoms with van der Waals surface area (Å²) in [5.41, 5.74) is 0.788. The third kappa shape index (κ3) is 1.12. The third-order valence-corrected chi connectivity index (χ3v) is 2.88. The van der Waals surface area contributed by atoms with Crippen LogP contribution in [0.5, 0.6) is 0 Å². The van der Waals surface area contributed by atoms with Crippen LogP contribution in [0.4, 0.5) is 0 Å². The maximum Gasteiger partial charge on any atom is -0.0263 e. The fourth-order valence-corrected chi connectivity index (χ4v) is 1.99. The van der Waals surface area contributed by atoms with Gasteiger partial charge in [-0.15, -0.1) is 0 Å². The molecule has 0 aromatic carbocycles. The van der Waals surface area contributed by atoms with Crippen molar-refractivity contribution in [2.45, 2.75) is 44.9 Å². The fraction of sp³-hybridized carbons (Fsp3) is 0.889. The van der Waals surface area contributed by atoms with Crippen LogP contribution in [-0.4, -0.2) is 0 Å². The molecule has 0 nitrogen and oxygen atoms in total. The zero-order valence-corrected chi connectivity index (χ0v) is 6.03. The van der Waals surface area contributed by atoms with Gasteiger partial charge in [-0.1, -0.05) is 25.7 Å². The van der Waals surface area contributed by atoms with Crippen molar-refractivity contribution in [2.24, 2.45) is 5.41 Å². The Morgan fingerprint density at radius 3 is 1.89 bits per heavy atom. The molecule has 0 aromatic rings. The average molecular weight is 123 g/mol. The lowest BCUT2D eigenvalue weighted by Crippen LogP contribution is -1.95. The van der Waals surface area contributed by atoms with Crippen molar-refractivity contribution in [1.29, 1.82) is 0 Å². The van der Waals surface area contributed by atoms with Gasteiger partial charge < -0.3 is 0 Å². The normalized spacial score (nSPS) is 32.0. The standard InChI is InChI=1S/C9H15/c1-2-4-6-9(5-3-1)7-8-9/h7H,1-6,8H2. The predicted molar refractivity (Wildman–Crippen MR) is 39.1 cm³/mol. The lowest BCUT2D eigenvalue weighted by molar-refractivity contribution is 0.461. The second-order valence-corrected chi connectivity index (χ2v) is 3.68. The van der Waals surface area contributed by atoms with E-state index in [-0.39, 0.29) is 0 Å². The van der Waals surface area contributed by atoms with Crippen LogP contribution in [0.25, 0.3) is 0 Å². The molecule has 2 fully saturated rings. The Kier molecular flexibility index (Phi) is 1.28. The van der Waals surface area contributed by atoms with Gasteiger partial charge in [-0.2, -0.15) is 0 Å². The monoisotopic (exact) mass is 123 g/mol. The summed E-state index contributed by atoms with van der Waals surface area (Å²) in [5.74, 6) is 0. The molecule has 1 radical (unpaired) electrons. The molecule has 0 aliphatic heterocycles. The highest BCUT2D eigenvalue weighted by Gasteiger charge is 2.41. The Bertz CT molecular complexity index is 90.6. The van der Waals surface area contributed by atoms with E-state index in [9.17, 15) is 0 Å². The van der Waals surface area contributed by atoms with Crippen molar-refractivity contribution >= 4 is 0 Å². The SMILES string of the molecule is [CH]1CC12CCCCCC2. The summed E-state index contributed by atoms with van der Waals surface area (Å²) >= 11 is 0. The summed E-state index contributed by atoms with van der Waals surface area (Å²) < 4.78 is 0. The molecule has 0 bridgehead atoms. The second-order valence-electron chi connectivity index (χ2n) is 3.68. The summed E-state index contributed by atoms with van der Waals surface area (Å²) in [6.07, 6.45) is 13.0. The summed E-state index contributed by atoms with van der Waals surface area (Å²) in [7, 11) is 0. The van der Waals surface area contributed by atoms with Crippen LogP contribution < -0.4 is 0 Å². The van der Waals surface area contributed by atoms with E-state index in [0.717, 1.165) is 5.41 Å². The molecule has 0 amide bonds. The molecular weight excluding hydrogens is 108 g/mol. The average Bonchev–Trinajstić information content (AvgIpc) is 2.64. The van der Waals surface area contributed by atoms with Crippen LogP contribution in [0.1, 0.15) is 44.9 Å². The van der Waals surface area contributed by atoms with E-state index in [1.165, 1.54) is 44.9 Å². The van der Waals surface area contributed by atoms with Crippen LogP contribution in [0, 0.1) is 11.8 Å². The van der Waals surface area contributed by atoms with E-state index in [1.807, 2.05) is 0 Å². The molecular formula is C9H15. The minimum atomic E-state index is 0.788. The lowest BCUT2D eigenvalue weighted by Gasteiger charge is -2.07. The minimum Gasteiger partial charge on any atom is -0.0533 e. The van der Waals surface area contributed by atoms with Gasteiger partial charge >= 0.3 is 0 Å². The van der Waals surface area contributed by atoms with Crippen LogP contribution in [-0.2, 0) is 0 Å². The molecule has 0 heteroatoms. The molecule has 0 heterocycles. The van der Waals surface area contributed by atoms with E-state index in [2.05, 4.69) is 6.42 Å². The first-order valence-corrected chi connectivity index (χ1v) is 4.26. The minimum absolute atomic E-state index is 0.788. The second kappa shape index (κ2) is 2.00. The molecule has 0 aromatic heterocycles. The first kappa shape index (κ1) is 5.76. The fourth-order valence-electron chi connectivity index (χ4n) is 1.99. The van der Waals surface area contributed by atoms with Gasteiger partial charge in [0, 0.05) is 0 Å². The topological polar surface area (TPSA) is 0 Å². The van der Waals surface area contributed by atoms with Gasteiger partial charge in [-0.05, 0) is 31.1 Å². The lowest BCUT2D eigenvalue weighted by atomic mass is 9.98. The van der Waals surface area contributed by atoms with Gasteiger partial charge in [0.1, 0.15) is 0 Å². The Morgan fingerprint density at radius 2 is 1.44 bits per heavy atom. The summed E-state index contributed by atoms with van der Waals surface area (Å²) in [4.78, 5) is 0. The summed E-state index contributed by atoms with van der Waals surface area (Å²) in [5, 5.41) is 0. The smallest absolute Gasteiger partial charge is 0.0263 e. The van der Waals surface area contributed by atoms with Crippen molar-refractivity contribution < 1.29 is 0 Å². The van der Waals surface area contributed by atoms with Gasteiger partial charge in [0.15, 0.2) is 0 Å². The molecule has 1 spiro atoms. The summed E-state index contributed by atoms with van der Waals surface area (Å²) in [6.45, 7) is 0. The van der Waals surface area contributed by atoms with Crippen LogP contribution in [0.15, 0.2) is 0 Å². The van der Waals surface area contributed by atoms with Crippen molar-refractivity contribution in [2.75, 3.05) is 0 Å². The van der Waals surface area contributed by atoms with E-state index in [1.54, 1.807) is 0 Å². The maximum atomic E-state index is 2.53. The van der Waals surface area contributed by atoms with Gasteiger partial charge in [-0.3, -0.25) is 0 Å². The molecule has 2 rings (SSSR count). The largest absolute Gasteiger partial charge is 0.0533 e. The van der Waals surface area contributed by atoms with Crippen LogP contribution >= 0.6 is 0 Å². The van der Waals surface area contributed by atoms with Crippen molar-refractivity contribution in [3.8, 4) is 0 Å². The molecule has 2 aliphatic carbocycles. The first-order chi connectivity index (χ1) is 4.41. The number of hydrogen-bond acceptors (Lipinski definition) is 0. The summed E-state index contributed by atoms with van der Waals surface area (Å²) in [6, 6.07) is 0. The predicted octanol–water partition coefficient (Wildman–Crippen LogP) is 2.93. The van der Waals surface area contributed by atoms with Crippen molar-refractivity contribution in [3.05, 3.63) is 6.42 Å². The van der Waals surface area contributed by atoms with Gasteiger partial charge in [0.2, 0.25) is 0 Å². The molecule has 2 saturated carbocycles. The Labute approximate surface area is 57.6 Å². The molecule has 9 heavy (non-hydrogen) atoms. The molecule has 0 N–H and O–H groups in total. The third-order valence-electron chi connectivity index (χ3n) is 2.88. The first-order valence-electron chi connectivity index (χ1n) is 4.26. The quantitative estimate of drug-likeness (QED) is 0.464. The van der Waals surface area contributed by atoms with E-state index in [4.69, 9.17) is 0 Å². The Morgan fingerprint density at radius 1 is 0.889 bits per heavy atom. The zero-order valence-electron chi connectivity index (χ0n) is 6.03. The van der Waals surface area contributed by atoms with E-state index >= 15 is 0 Å². The number of hydrogen-bond donors (Lipinski definition) is 0. The van der Waals surface area contributed by atoms with E-state index in [0.29, 0.717) is 0 Å². The highest BCUT2D eigenvalue weighted by Crippen LogP contribution is 2.53. The molecule has 51 valence electrons. The number of rotatable bonds is 0. The molecule has 2 aliphatic rings. The molecule has 0 atom stereocenters. The van der Waals surface area contributed by atoms with Crippen molar-refractivity contribution in [3.63, 3.8) is 0 Å².